The topological polar surface area (TPSA) is 22.0 Å². The molecular formula is C21H17NO. The summed E-state index contributed by atoms with van der Waals surface area (Å²) in [6.45, 7) is 1.07. The molecule has 1 aromatic heterocycles. The second-order valence-electron chi connectivity index (χ2n) is 6.43. The van der Waals surface area contributed by atoms with Crippen molar-refractivity contribution in [1.29, 1.82) is 0 Å². The molecule has 5 rings (SSSR count). The summed E-state index contributed by atoms with van der Waals surface area (Å²) in [5.41, 5.74) is 5.58. The first-order valence-corrected chi connectivity index (χ1v) is 8.28. The normalized spacial score (nSPS) is 16.3. The summed E-state index contributed by atoms with van der Waals surface area (Å²) in [5, 5.41) is 2.49. The number of para-hydroxylation sites is 1. The first kappa shape index (κ1) is 12.9. The zero-order valence-electron chi connectivity index (χ0n) is 12.9. The van der Waals surface area contributed by atoms with Crippen molar-refractivity contribution >= 4 is 27.6 Å². The molecule has 1 aliphatic carbocycles. The summed E-state index contributed by atoms with van der Waals surface area (Å²) in [6, 6.07) is 12.8. The van der Waals surface area contributed by atoms with Crippen LogP contribution in [0.15, 0.2) is 60.2 Å². The highest BCUT2D eigenvalue weighted by molar-refractivity contribution is 6.16. The van der Waals surface area contributed by atoms with Gasteiger partial charge in [0, 0.05) is 34.0 Å². The van der Waals surface area contributed by atoms with E-state index in [-0.39, 0.29) is 5.78 Å². The molecule has 2 aliphatic rings. The molecule has 2 nitrogen and oxygen atoms in total. The predicted octanol–water partition coefficient (Wildman–Crippen LogP) is 4.81. The fraction of sp³-hybridized carbons (Fsp3) is 0.190. The van der Waals surface area contributed by atoms with Gasteiger partial charge in [-0.3, -0.25) is 4.79 Å². The van der Waals surface area contributed by atoms with Crippen LogP contribution in [0.1, 0.15) is 28.8 Å². The molecule has 0 N–H and O–H groups in total. The Morgan fingerprint density at radius 3 is 2.87 bits per heavy atom. The molecule has 0 bridgehead atoms. The molecule has 0 atom stereocenters. The number of ketones is 1. The quantitative estimate of drug-likeness (QED) is 0.622. The van der Waals surface area contributed by atoms with E-state index in [0.717, 1.165) is 36.9 Å². The molecule has 0 saturated carbocycles. The minimum Gasteiger partial charge on any atom is -0.340 e. The molecule has 23 heavy (non-hydrogen) atoms. The number of aromatic nitrogens is 1. The van der Waals surface area contributed by atoms with Crippen molar-refractivity contribution in [2.24, 2.45) is 0 Å². The minimum absolute atomic E-state index is 0.152. The van der Waals surface area contributed by atoms with Gasteiger partial charge in [-0.1, -0.05) is 36.4 Å². The van der Waals surface area contributed by atoms with Gasteiger partial charge >= 0.3 is 0 Å². The molecule has 0 amide bonds. The molecule has 0 fully saturated rings. The fourth-order valence-electron chi connectivity index (χ4n) is 4.05. The van der Waals surface area contributed by atoms with Crippen LogP contribution in [0.5, 0.6) is 0 Å². The number of aryl methyl sites for hydroxylation is 2. The number of Topliss-reactive ketones (excluding diaryl/α,β-unsaturated/α-hetero) is 1. The fourth-order valence-corrected chi connectivity index (χ4v) is 4.05. The SMILES string of the molecule is O=C(C1=CCC=C1)c1cc2c3c(c1)c1ccccc1n3CCC2. The molecule has 1 aliphatic heterocycles. The number of carbonyl (C=O) groups is 1. The lowest BCUT2D eigenvalue weighted by Gasteiger charge is -2.17. The summed E-state index contributed by atoms with van der Waals surface area (Å²) in [5.74, 6) is 0.152. The standard InChI is InChI=1S/C21H17NO/c23-21(14-6-1-2-7-14)16-12-15-8-5-11-22-19-10-4-3-9-17(19)18(13-16)20(15)22/h1,3-4,6-7,9-10,12-13H,2,5,8,11H2. The van der Waals surface area contributed by atoms with Gasteiger partial charge in [0.15, 0.2) is 5.78 Å². The Hall–Kier alpha value is -2.61. The van der Waals surface area contributed by atoms with Crippen molar-refractivity contribution in [2.75, 3.05) is 0 Å². The minimum atomic E-state index is 0.152. The van der Waals surface area contributed by atoms with E-state index in [9.17, 15) is 4.79 Å². The van der Waals surface area contributed by atoms with E-state index in [1.165, 1.54) is 27.4 Å². The average molecular weight is 299 g/mol. The number of benzene rings is 2. The highest BCUT2D eigenvalue weighted by atomic mass is 16.1. The van der Waals surface area contributed by atoms with Crippen molar-refractivity contribution in [1.82, 2.24) is 4.57 Å². The number of hydrogen-bond donors (Lipinski definition) is 0. The van der Waals surface area contributed by atoms with Crippen molar-refractivity contribution in [3.8, 4) is 0 Å². The van der Waals surface area contributed by atoms with Crippen LogP contribution in [0.2, 0.25) is 0 Å². The van der Waals surface area contributed by atoms with Gasteiger partial charge in [-0.2, -0.15) is 0 Å². The van der Waals surface area contributed by atoms with Gasteiger partial charge in [0.25, 0.3) is 0 Å². The molecule has 0 spiro atoms. The van der Waals surface area contributed by atoms with Crippen molar-refractivity contribution in [2.45, 2.75) is 25.8 Å². The second kappa shape index (κ2) is 4.69. The Kier molecular flexibility index (Phi) is 2.63. The van der Waals surface area contributed by atoms with E-state index < -0.39 is 0 Å². The Balaban J connectivity index is 1.83. The van der Waals surface area contributed by atoms with Crippen LogP contribution >= 0.6 is 0 Å². The molecule has 0 radical (unpaired) electrons. The van der Waals surface area contributed by atoms with Crippen LogP contribution in [0.3, 0.4) is 0 Å². The van der Waals surface area contributed by atoms with Crippen LogP contribution < -0.4 is 0 Å². The number of hydrogen-bond acceptors (Lipinski definition) is 1. The summed E-state index contributed by atoms with van der Waals surface area (Å²) >= 11 is 0. The number of allylic oxidation sites excluding steroid dienone is 4. The monoisotopic (exact) mass is 299 g/mol. The Morgan fingerprint density at radius 2 is 2.00 bits per heavy atom. The van der Waals surface area contributed by atoms with Gasteiger partial charge in [0.05, 0.1) is 5.52 Å². The van der Waals surface area contributed by atoms with E-state index in [1.54, 1.807) is 0 Å². The number of carbonyl (C=O) groups excluding carboxylic acids is 1. The van der Waals surface area contributed by atoms with Gasteiger partial charge in [0.1, 0.15) is 0 Å². The highest BCUT2D eigenvalue weighted by Gasteiger charge is 2.21. The van der Waals surface area contributed by atoms with Crippen LogP contribution in [-0.4, -0.2) is 10.4 Å². The molecule has 0 unspecified atom stereocenters. The maximum Gasteiger partial charge on any atom is 0.192 e. The zero-order valence-corrected chi connectivity index (χ0v) is 12.9. The third-order valence-corrected chi connectivity index (χ3v) is 5.07. The van der Waals surface area contributed by atoms with Gasteiger partial charge in [-0.05, 0) is 43.0 Å². The smallest absolute Gasteiger partial charge is 0.192 e. The lowest BCUT2D eigenvalue weighted by Crippen LogP contribution is -2.09. The molecular weight excluding hydrogens is 282 g/mol. The summed E-state index contributed by atoms with van der Waals surface area (Å²) < 4.78 is 2.42. The molecule has 0 saturated heterocycles. The van der Waals surface area contributed by atoms with E-state index in [0.29, 0.717) is 0 Å². The maximum atomic E-state index is 12.8. The van der Waals surface area contributed by atoms with Crippen LogP contribution in [0.4, 0.5) is 0 Å². The third kappa shape index (κ3) is 1.78. The Bertz CT molecular complexity index is 1030. The zero-order chi connectivity index (χ0) is 15.4. The van der Waals surface area contributed by atoms with E-state index in [1.807, 2.05) is 18.2 Å². The number of fused-ring (bicyclic) bond motifs is 3. The van der Waals surface area contributed by atoms with Gasteiger partial charge in [-0.15, -0.1) is 0 Å². The Labute approximate surface area is 134 Å². The van der Waals surface area contributed by atoms with Gasteiger partial charge < -0.3 is 4.57 Å². The molecule has 2 aromatic carbocycles. The van der Waals surface area contributed by atoms with Crippen molar-refractivity contribution < 1.29 is 4.79 Å². The first-order chi connectivity index (χ1) is 11.3. The Morgan fingerprint density at radius 1 is 1.09 bits per heavy atom. The van der Waals surface area contributed by atoms with Gasteiger partial charge in [0.2, 0.25) is 0 Å². The summed E-state index contributed by atoms with van der Waals surface area (Å²) in [6.07, 6.45) is 9.07. The second-order valence-corrected chi connectivity index (χ2v) is 6.43. The lowest BCUT2D eigenvalue weighted by molar-refractivity contribution is 0.103. The van der Waals surface area contributed by atoms with Crippen LogP contribution in [0, 0.1) is 0 Å². The van der Waals surface area contributed by atoms with Crippen LogP contribution in [-0.2, 0) is 13.0 Å². The van der Waals surface area contributed by atoms with E-state index in [4.69, 9.17) is 0 Å². The van der Waals surface area contributed by atoms with Crippen LogP contribution in [0.25, 0.3) is 21.8 Å². The average Bonchev–Trinajstić information content (AvgIpc) is 3.23. The molecule has 2 heteroatoms. The molecule has 2 heterocycles. The third-order valence-electron chi connectivity index (χ3n) is 5.07. The van der Waals surface area contributed by atoms with Gasteiger partial charge in [-0.25, -0.2) is 0 Å². The number of rotatable bonds is 2. The maximum absolute atomic E-state index is 12.8. The highest BCUT2D eigenvalue weighted by Crippen LogP contribution is 2.36. The number of nitrogens with zero attached hydrogens (tertiary/aromatic N) is 1. The summed E-state index contributed by atoms with van der Waals surface area (Å²) in [4.78, 5) is 12.8. The predicted molar refractivity (Wildman–Crippen MR) is 93.9 cm³/mol. The summed E-state index contributed by atoms with van der Waals surface area (Å²) in [7, 11) is 0. The van der Waals surface area contributed by atoms with Crippen molar-refractivity contribution in [3.63, 3.8) is 0 Å². The molecule has 112 valence electrons. The molecule has 3 aromatic rings. The van der Waals surface area contributed by atoms with E-state index in [2.05, 4.69) is 41.0 Å². The lowest BCUT2D eigenvalue weighted by atomic mass is 9.95. The largest absolute Gasteiger partial charge is 0.340 e. The van der Waals surface area contributed by atoms with E-state index >= 15 is 0 Å². The van der Waals surface area contributed by atoms with Crippen molar-refractivity contribution in [3.05, 3.63) is 71.3 Å². The first-order valence-electron chi connectivity index (χ1n) is 8.28.